The summed E-state index contributed by atoms with van der Waals surface area (Å²) in [5, 5.41) is 0. The maximum atomic E-state index is 11.2. The number of benzene rings is 1. The molecule has 1 aliphatic carbocycles. The third-order valence-corrected chi connectivity index (χ3v) is 2.69. The number of esters is 1. The van der Waals surface area contributed by atoms with Crippen molar-refractivity contribution in [3.63, 3.8) is 0 Å². The van der Waals surface area contributed by atoms with E-state index in [4.69, 9.17) is 5.73 Å². The Bertz CT molecular complexity index is 362. The Kier molecular flexibility index (Phi) is 2.15. The highest BCUT2D eigenvalue weighted by Gasteiger charge is 2.45. The highest BCUT2D eigenvalue weighted by Crippen LogP contribution is 2.49. The second kappa shape index (κ2) is 3.33. The predicted molar refractivity (Wildman–Crippen MR) is 53.7 cm³/mol. The molecule has 0 saturated heterocycles. The zero-order valence-corrected chi connectivity index (χ0v) is 8.07. The van der Waals surface area contributed by atoms with E-state index in [1.165, 1.54) is 7.11 Å². The van der Waals surface area contributed by atoms with Gasteiger partial charge in [-0.1, -0.05) is 18.2 Å². The van der Waals surface area contributed by atoms with Crippen molar-refractivity contribution < 1.29 is 9.53 Å². The summed E-state index contributed by atoms with van der Waals surface area (Å²) in [6.45, 7) is 0. The van der Waals surface area contributed by atoms with Gasteiger partial charge in [0, 0.05) is 11.6 Å². The second-order valence-corrected chi connectivity index (χ2v) is 3.60. The van der Waals surface area contributed by atoms with Gasteiger partial charge in [0.15, 0.2) is 0 Å². The molecule has 0 bridgehead atoms. The SMILES string of the molecule is COC(=O)[C@@H]1C[C@H]1c1ccccc1N. The molecule has 1 fully saturated rings. The summed E-state index contributed by atoms with van der Waals surface area (Å²) in [5.74, 6) is 0.159. The molecule has 0 aliphatic heterocycles. The third kappa shape index (κ3) is 1.45. The zero-order valence-electron chi connectivity index (χ0n) is 8.07. The van der Waals surface area contributed by atoms with E-state index in [9.17, 15) is 4.79 Å². The molecule has 0 spiro atoms. The molecule has 1 aromatic rings. The normalized spacial score (nSPS) is 24.4. The molecule has 0 radical (unpaired) electrons. The molecule has 2 N–H and O–H groups in total. The molecule has 2 rings (SSSR count). The lowest BCUT2D eigenvalue weighted by atomic mass is 10.1. The van der Waals surface area contributed by atoms with Crippen LogP contribution < -0.4 is 5.73 Å². The predicted octanol–water partition coefficient (Wildman–Crippen LogP) is 1.55. The maximum Gasteiger partial charge on any atom is 0.309 e. The number of para-hydroxylation sites is 1. The van der Waals surface area contributed by atoms with Gasteiger partial charge in [0.1, 0.15) is 0 Å². The van der Waals surface area contributed by atoms with E-state index >= 15 is 0 Å². The van der Waals surface area contributed by atoms with Crippen molar-refractivity contribution in [2.24, 2.45) is 5.92 Å². The zero-order chi connectivity index (χ0) is 10.1. The minimum atomic E-state index is -0.127. The fourth-order valence-electron chi connectivity index (χ4n) is 1.80. The van der Waals surface area contributed by atoms with Crippen molar-refractivity contribution in [2.45, 2.75) is 12.3 Å². The van der Waals surface area contributed by atoms with Crippen molar-refractivity contribution in [3.05, 3.63) is 29.8 Å². The highest BCUT2D eigenvalue weighted by molar-refractivity contribution is 5.78. The summed E-state index contributed by atoms with van der Waals surface area (Å²) < 4.78 is 4.69. The van der Waals surface area contributed by atoms with Crippen LogP contribution in [0.4, 0.5) is 5.69 Å². The van der Waals surface area contributed by atoms with Crippen LogP contribution in [0.2, 0.25) is 0 Å². The molecule has 3 nitrogen and oxygen atoms in total. The van der Waals surface area contributed by atoms with Crippen molar-refractivity contribution in [1.82, 2.24) is 0 Å². The van der Waals surface area contributed by atoms with E-state index in [1.54, 1.807) is 0 Å². The number of rotatable bonds is 2. The maximum absolute atomic E-state index is 11.2. The Morgan fingerprint density at radius 3 is 2.86 bits per heavy atom. The third-order valence-electron chi connectivity index (χ3n) is 2.69. The van der Waals surface area contributed by atoms with Gasteiger partial charge in [-0.3, -0.25) is 4.79 Å². The first-order chi connectivity index (χ1) is 6.74. The van der Waals surface area contributed by atoms with Gasteiger partial charge in [-0.05, 0) is 18.1 Å². The van der Waals surface area contributed by atoms with Crippen LogP contribution in [-0.2, 0) is 9.53 Å². The van der Waals surface area contributed by atoms with Crippen LogP contribution in [0, 0.1) is 5.92 Å². The number of hydrogen-bond donors (Lipinski definition) is 1. The Balaban J connectivity index is 2.13. The Hall–Kier alpha value is -1.51. The summed E-state index contributed by atoms with van der Waals surface area (Å²) in [5.41, 5.74) is 7.65. The molecule has 3 heteroatoms. The van der Waals surface area contributed by atoms with Crippen LogP contribution in [0.3, 0.4) is 0 Å². The number of carbonyl (C=O) groups excluding carboxylic acids is 1. The topological polar surface area (TPSA) is 52.3 Å². The van der Waals surface area contributed by atoms with Crippen LogP contribution in [-0.4, -0.2) is 13.1 Å². The van der Waals surface area contributed by atoms with Crippen LogP contribution in [0.1, 0.15) is 17.9 Å². The molecular formula is C11H13NO2. The lowest BCUT2D eigenvalue weighted by molar-refractivity contribution is -0.142. The van der Waals surface area contributed by atoms with Crippen LogP contribution in [0.5, 0.6) is 0 Å². The molecule has 0 heterocycles. The number of methoxy groups -OCH3 is 1. The Morgan fingerprint density at radius 1 is 1.50 bits per heavy atom. The first-order valence-electron chi connectivity index (χ1n) is 4.66. The number of ether oxygens (including phenoxy) is 1. The van der Waals surface area contributed by atoms with Crippen LogP contribution in [0.15, 0.2) is 24.3 Å². The van der Waals surface area contributed by atoms with Crippen molar-refractivity contribution in [1.29, 1.82) is 0 Å². The van der Waals surface area contributed by atoms with E-state index in [2.05, 4.69) is 4.74 Å². The van der Waals surface area contributed by atoms with Gasteiger partial charge in [0.05, 0.1) is 13.0 Å². The monoisotopic (exact) mass is 191 g/mol. The fraction of sp³-hybridized carbons (Fsp3) is 0.364. The summed E-state index contributed by atoms with van der Waals surface area (Å²) in [6, 6.07) is 7.68. The van der Waals surface area contributed by atoms with Gasteiger partial charge in [0.2, 0.25) is 0 Å². The lowest BCUT2D eigenvalue weighted by Gasteiger charge is -2.03. The molecular weight excluding hydrogens is 178 g/mol. The Labute approximate surface area is 82.9 Å². The van der Waals surface area contributed by atoms with Gasteiger partial charge in [-0.15, -0.1) is 0 Å². The van der Waals surface area contributed by atoms with E-state index in [0.29, 0.717) is 0 Å². The largest absolute Gasteiger partial charge is 0.469 e. The van der Waals surface area contributed by atoms with Crippen molar-refractivity contribution in [3.8, 4) is 0 Å². The van der Waals surface area contributed by atoms with Crippen LogP contribution >= 0.6 is 0 Å². The molecule has 74 valence electrons. The standard InChI is InChI=1S/C11H13NO2/c1-14-11(13)9-6-8(9)7-4-2-3-5-10(7)12/h2-5,8-9H,6,12H2,1H3/t8-,9+/m0/s1. The smallest absolute Gasteiger partial charge is 0.309 e. The van der Waals surface area contributed by atoms with E-state index < -0.39 is 0 Å². The average molecular weight is 191 g/mol. The number of carbonyl (C=O) groups is 1. The van der Waals surface area contributed by atoms with Gasteiger partial charge in [-0.25, -0.2) is 0 Å². The van der Waals surface area contributed by atoms with E-state index in [1.807, 2.05) is 24.3 Å². The summed E-state index contributed by atoms with van der Waals surface area (Å²) in [4.78, 5) is 11.2. The first kappa shape index (κ1) is 9.06. The molecule has 1 aliphatic rings. The second-order valence-electron chi connectivity index (χ2n) is 3.60. The highest BCUT2D eigenvalue weighted by atomic mass is 16.5. The van der Waals surface area contributed by atoms with Gasteiger partial charge < -0.3 is 10.5 Å². The minimum Gasteiger partial charge on any atom is -0.469 e. The number of hydrogen-bond acceptors (Lipinski definition) is 3. The van der Waals surface area contributed by atoms with Crippen molar-refractivity contribution >= 4 is 11.7 Å². The Morgan fingerprint density at radius 2 is 2.21 bits per heavy atom. The number of nitrogen functional groups attached to an aromatic ring is 1. The first-order valence-corrected chi connectivity index (χ1v) is 4.66. The molecule has 0 aromatic heterocycles. The quantitative estimate of drug-likeness (QED) is 0.570. The summed E-state index contributed by atoms with van der Waals surface area (Å²) in [7, 11) is 1.42. The molecule has 0 unspecified atom stereocenters. The van der Waals surface area contributed by atoms with Gasteiger partial charge in [0.25, 0.3) is 0 Å². The molecule has 1 aromatic carbocycles. The lowest BCUT2D eigenvalue weighted by Crippen LogP contribution is -2.04. The van der Waals surface area contributed by atoms with E-state index in [-0.39, 0.29) is 17.8 Å². The minimum absolute atomic E-state index is 0.0182. The average Bonchev–Trinajstić information content (AvgIpc) is 2.97. The number of anilines is 1. The van der Waals surface area contributed by atoms with Crippen molar-refractivity contribution in [2.75, 3.05) is 12.8 Å². The molecule has 2 atom stereocenters. The summed E-state index contributed by atoms with van der Waals surface area (Å²) >= 11 is 0. The van der Waals surface area contributed by atoms with Gasteiger partial charge >= 0.3 is 5.97 Å². The molecule has 1 saturated carbocycles. The summed E-state index contributed by atoms with van der Waals surface area (Å²) in [6.07, 6.45) is 0.862. The van der Waals surface area contributed by atoms with Gasteiger partial charge in [-0.2, -0.15) is 0 Å². The molecule has 14 heavy (non-hydrogen) atoms. The molecule has 0 amide bonds. The fourth-order valence-corrected chi connectivity index (χ4v) is 1.80. The van der Waals surface area contributed by atoms with Crippen LogP contribution in [0.25, 0.3) is 0 Å². The van der Waals surface area contributed by atoms with E-state index in [0.717, 1.165) is 17.7 Å². The number of nitrogens with two attached hydrogens (primary N) is 1.